The van der Waals surface area contributed by atoms with Gasteiger partial charge in [0.15, 0.2) is 0 Å². The monoisotopic (exact) mass is 393 g/mol. The second-order valence-electron chi connectivity index (χ2n) is 6.27. The lowest BCUT2D eigenvalue weighted by Gasteiger charge is -2.24. The molecule has 0 saturated carbocycles. The van der Waals surface area contributed by atoms with Crippen molar-refractivity contribution in [3.8, 4) is 0 Å². The predicted octanol–water partition coefficient (Wildman–Crippen LogP) is 4.10. The number of rotatable bonds is 3. The fourth-order valence-electron chi connectivity index (χ4n) is 3.46. The molecule has 0 radical (unpaired) electrons. The molecule has 8 heteroatoms. The number of aliphatic hydroxyl groups excluding tert-OH is 1. The van der Waals surface area contributed by atoms with Gasteiger partial charge in [0.05, 0.1) is 28.8 Å². The van der Waals surface area contributed by atoms with Gasteiger partial charge in [-0.05, 0) is 29.1 Å². The summed E-state index contributed by atoms with van der Waals surface area (Å²) < 4.78 is 66.5. The van der Waals surface area contributed by atoms with Crippen LogP contribution in [0.25, 0.3) is 10.8 Å². The van der Waals surface area contributed by atoms with Gasteiger partial charge in [0.25, 0.3) is 10.0 Å². The van der Waals surface area contributed by atoms with Crippen molar-refractivity contribution in [2.75, 3.05) is 10.8 Å². The van der Waals surface area contributed by atoms with Crippen molar-refractivity contribution in [3.63, 3.8) is 0 Å². The number of halogens is 3. The van der Waals surface area contributed by atoms with Gasteiger partial charge >= 0.3 is 6.18 Å². The number of hydrogen-bond donors (Lipinski definition) is 1. The van der Waals surface area contributed by atoms with E-state index in [1.165, 1.54) is 18.2 Å². The summed E-state index contributed by atoms with van der Waals surface area (Å²) in [5.74, 6) is 0. The highest BCUT2D eigenvalue weighted by Gasteiger charge is 2.39. The van der Waals surface area contributed by atoms with Crippen LogP contribution in [-0.4, -0.2) is 20.1 Å². The number of anilines is 1. The Morgan fingerprint density at radius 2 is 1.63 bits per heavy atom. The molecule has 0 spiro atoms. The van der Waals surface area contributed by atoms with Gasteiger partial charge in [-0.15, -0.1) is 0 Å². The Hall–Kier alpha value is -2.58. The molecule has 4 nitrogen and oxygen atoms in total. The molecular weight excluding hydrogens is 379 g/mol. The number of sulfonamides is 1. The second kappa shape index (κ2) is 5.97. The Labute approximate surface area is 153 Å². The zero-order valence-corrected chi connectivity index (χ0v) is 14.6. The highest BCUT2D eigenvalue weighted by Crippen LogP contribution is 2.43. The zero-order chi connectivity index (χ0) is 19.4. The molecule has 0 unspecified atom stereocenters. The molecule has 0 amide bonds. The van der Waals surface area contributed by atoms with E-state index in [1.54, 1.807) is 30.3 Å². The number of nitrogens with zero attached hydrogens (tertiary/aromatic N) is 1. The van der Waals surface area contributed by atoms with E-state index in [9.17, 15) is 26.7 Å². The van der Waals surface area contributed by atoms with Crippen molar-refractivity contribution in [1.82, 2.24) is 0 Å². The van der Waals surface area contributed by atoms with E-state index in [2.05, 4.69) is 0 Å². The van der Waals surface area contributed by atoms with Crippen LogP contribution in [0.15, 0.2) is 65.6 Å². The number of β-amino-alcohol motifs (C(OH)–C–C–N with tert-alkyl or cyclic N) is 1. The lowest BCUT2D eigenvalue weighted by atomic mass is 10.0. The van der Waals surface area contributed by atoms with Crippen LogP contribution in [0, 0.1) is 0 Å². The highest BCUT2D eigenvalue weighted by atomic mass is 32.2. The van der Waals surface area contributed by atoms with Crippen LogP contribution in [0.5, 0.6) is 0 Å². The molecule has 0 aromatic heterocycles. The van der Waals surface area contributed by atoms with Crippen LogP contribution in [0.3, 0.4) is 0 Å². The van der Waals surface area contributed by atoms with Crippen LogP contribution in [0.2, 0.25) is 0 Å². The Morgan fingerprint density at radius 3 is 2.33 bits per heavy atom. The average molecular weight is 393 g/mol. The normalized spacial score (nSPS) is 16.7. The van der Waals surface area contributed by atoms with E-state index in [4.69, 9.17) is 0 Å². The van der Waals surface area contributed by atoms with Gasteiger partial charge in [-0.1, -0.05) is 42.5 Å². The average Bonchev–Trinajstić information content (AvgIpc) is 2.84. The summed E-state index contributed by atoms with van der Waals surface area (Å²) >= 11 is 0. The minimum atomic E-state index is -4.65. The van der Waals surface area contributed by atoms with Crippen LogP contribution in [0.4, 0.5) is 18.9 Å². The van der Waals surface area contributed by atoms with Gasteiger partial charge in [0, 0.05) is 5.39 Å². The molecule has 4 rings (SSSR count). The molecule has 0 saturated heterocycles. The van der Waals surface area contributed by atoms with Gasteiger partial charge in [-0.25, -0.2) is 8.42 Å². The fraction of sp³-hybridized carbons (Fsp3) is 0.158. The highest BCUT2D eigenvalue weighted by molar-refractivity contribution is 7.93. The molecule has 1 heterocycles. The third kappa shape index (κ3) is 2.76. The van der Waals surface area contributed by atoms with Crippen LogP contribution in [-0.2, 0) is 16.2 Å². The van der Waals surface area contributed by atoms with Gasteiger partial charge in [0.2, 0.25) is 0 Å². The van der Waals surface area contributed by atoms with E-state index < -0.39 is 34.4 Å². The van der Waals surface area contributed by atoms with Crippen molar-refractivity contribution in [1.29, 1.82) is 0 Å². The first kappa shape index (κ1) is 17.8. The molecule has 3 aromatic rings. The summed E-state index contributed by atoms with van der Waals surface area (Å²) in [6, 6.07) is 14.5. The molecule has 1 N–H and O–H groups in total. The van der Waals surface area contributed by atoms with Gasteiger partial charge < -0.3 is 5.11 Å². The summed E-state index contributed by atoms with van der Waals surface area (Å²) in [5, 5.41) is 11.7. The van der Waals surface area contributed by atoms with E-state index in [1.807, 2.05) is 0 Å². The number of aliphatic hydroxyl groups is 1. The van der Waals surface area contributed by atoms with Crippen LogP contribution >= 0.6 is 0 Å². The Kier molecular flexibility index (Phi) is 3.94. The second-order valence-corrected chi connectivity index (χ2v) is 8.10. The first-order chi connectivity index (χ1) is 12.7. The minimum Gasteiger partial charge on any atom is -0.386 e. The first-order valence-electron chi connectivity index (χ1n) is 8.10. The molecule has 140 valence electrons. The quantitative estimate of drug-likeness (QED) is 0.729. The molecule has 0 aliphatic carbocycles. The zero-order valence-electron chi connectivity index (χ0n) is 13.8. The maximum Gasteiger partial charge on any atom is 0.416 e. The Bertz CT molecular complexity index is 1140. The molecule has 1 atom stereocenters. The summed E-state index contributed by atoms with van der Waals surface area (Å²) in [5.41, 5.74) is -0.986. The molecule has 0 fully saturated rings. The van der Waals surface area contributed by atoms with Gasteiger partial charge in [-0.3, -0.25) is 4.31 Å². The van der Waals surface area contributed by atoms with E-state index >= 15 is 0 Å². The molecule has 1 aliphatic rings. The third-order valence-corrected chi connectivity index (χ3v) is 6.47. The third-order valence-electron chi connectivity index (χ3n) is 4.65. The first-order valence-corrected chi connectivity index (χ1v) is 9.54. The van der Waals surface area contributed by atoms with Crippen LogP contribution in [0.1, 0.15) is 17.2 Å². The fourth-order valence-corrected chi connectivity index (χ4v) is 5.17. The number of hydrogen-bond acceptors (Lipinski definition) is 3. The van der Waals surface area contributed by atoms with E-state index in [0.29, 0.717) is 16.5 Å². The van der Waals surface area contributed by atoms with Crippen molar-refractivity contribution in [2.45, 2.75) is 17.2 Å². The molecule has 27 heavy (non-hydrogen) atoms. The lowest BCUT2D eigenvalue weighted by Crippen LogP contribution is -2.32. The molecule has 3 aromatic carbocycles. The Balaban J connectivity index is 1.78. The van der Waals surface area contributed by atoms with Crippen molar-refractivity contribution in [3.05, 3.63) is 71.8 Å². The van der Waals surface area contributed by atoms with Crippen molar-refractivity contribution >= 4 is 26.5 Å². The van der Waals surface area contributed by atoms with Gasteiger partial charge in [-0.2, -0.15) is 13.2 Å². The number of alkyl halides is 3. The largest absolute Gasteiger partial charge is 0.416 e. The number of benzene rings is 3. The maximum atomic E-state index is 13.2. The SMILES string of the molecule is O=S1(=O)c2cccc3cccc(c23)N1C[C@@H](O)c1ccccc1C(F)(F)F. The Morgan fingerprint density at radius 1 is 0.963 bits per heavy atom. The summed E-state index contributed by atoms with van der Waals surface area (Å²) in [6.07, 6.45) is -6.29. The smallest absolute Gasteiger partial charge is 0.386 e. The van der Waals surface area contributed by atoms with Gasteiger partial charge in [0.1, 0.15) is 0 Å². The summed E-state index contributed by atoms with van der Waals surface area (Å²) in [6.45, 7) is -0.511. The predicted molar refractivity (Wildman–Crippen MR) is 94.9 cm³/mol. The minimum absolute atomic E-state index is 0.0897. The standard InChI is InChI=1S/C19H14F3NO3S/c20-19(21,22)14-8-2-1-7-13(14)16(24)11-23-15-9-3-5-12-6-4-10-17(18(12)15)27(23,25)26/h1-10,16,24H,11H2/t16-/m1/s1. The lowest BCUT2D eigenvalue weighted by molar-refractivity contribution is -0.139. The van der Waals surface area contributed by atoms with Crippen molar-refractivity contribution < 1.29 is 26.7 Å². The van der Waals surface area contributed by atoms with E-state index in [-0.39, 0.29) is 10.5 Å². The molecule has 0 bridgehead atoms. The summed E-state index contributed by atoms with van der Waals surface area (Å²) in [7, 11) is -3.96. The summed E-state index contributed by atoms with van der Waals surface area (Å²) in [4.78, 5) is 0.0897. The topological polar surface area (TPSA) is 57.6 Å². The molecule has 1 aliphatic heterocycles. The maximum absolute atomic E-state index is 13.2. The van der Waals surface area contributed by atoms with E-state index in [0.717, 1.165) is 16.4 Å². The van der Waals surface area contributed by atoms with Crippen LogP contribution < -0.4 is 4.31 Å². The van der Waals surface area contributed by atoms with Crippen molar-refractivity contribution in [2.24, 2.45) is 0 Å². The molecular formula is C19H14F3NO3S.